The van der Waals surface area contributed by atoms with Gasteiger partial charge in [-0.25, -0.2) is 0 Å². The zero-order valence-electron chi connectivity index (χ0n) is 10.5. The molecule has 2 N–H and O–H groups in total. The van der Waals surface area contributed by atoms with Crippen molar-refractivity contribution in [1.82, 2.24) is 0 Å². The SMILES string of the molecule is Nc1cc(Cl)ccc1N1CCCOc2ccccc21. The highest BCUT2D eigenvalue weighted by Crippen LogP contribution is 2.38. The van der Waals surface area contributed by atoms with Crippen LogP contribution in [-0.2, 0) is 0 Å². The molecular weight excluding hydrogens is 260 g/mol. The number of rotatable bonds is 1. The van der Waals surface area contributed by atoms with Gasteiger partial charge in [-0.1, -0.05) is 23.7 Å². The van der Waals surface area contributed by atoms with E-state index in [1.54, 1.807) is 6.07 Å². The van der Waals surface area contributed by atoms with Crippen LogP contribution in [0, 0.1) is 0 Å². The Morgan fingerprint density at radius 1 is 1.11 bits per heavy atom. The van der Waals surface area contributed by atoms with Crippen LogP contribution in [0.4, 0.5) is 17.1 Å². The lowest BCUT2D eigenvalue weighted by atomic mass is 10.2. The second-order valence-electron chi connectivity index (χ2n) is 4.52. The lowest BCUT2D eigenvalue weighted by Crippen LogP contribution is -2.18. The summed E-state index contributed by atoms with van der Waals surface area (Å²) >= 11 is 5.97. The molecule has 0 saturated carbocycles. The van der Waals surface area contributed by atoms with Gasteiger partial charge in [0.05, 0.1) is 23.7 Å². The fourth-order valence-corrected chi connectivity index (χ4v) is 2.53. The number of nitrogens with two attached hydrogens (primary N) is 1. The molecule has 1 heterocycles. The molecule has 3 rings (SSSR count). The van der Waals surface area contributed by atoms with Gasteiger partial charge in [0, 0.05) is 11.6 Å². The van der Waals surface area contributed by atoms with Gasteiger partial charge in [-0.15, -0.1) is 0 Å². The third-order valence-corrected chi connectivity index (χ3v) is 3.46. The largest absolute Gasteiger partial charge is 0.491 e. The van der Waals surface area contributed by atoms with Crippen molar-refractivity contribution in [2.24, 2.45) is 0 Å². The summed E-state index contributed by atoms with van der Waals surface area (Å²) in [6.45, 7) is 1.60. The number of benzene rings is 2. The number of halogens is 1. The highest BCUT2D eigenvalue weighted by Gasteiger charge is 2.19. The number of hydrogen-bond acceptors (Lipinski definition) is 3. The lowest BCUT2D eigenvalue weighted by molar-refractivity contribution is 0.322. The molecule has 98 valence electrons. The summed E-state index contributed by atoms with van der Waals surface area (Å²) in [5.41, 5.74) is 8.80. The molecule has 3 nitrogen and oxygen atoms in total. The number of hydrogen-bond donors (Lipinski definition) is 1. The molecule has 2 aromatic carbocycles. The number of nitrogen functional groups attached to an aromatic ring is 1. The van der Waals surface area contributed by atoms with Crippen molar-refractivity contribution >= 4 is 28.7 Å². The average molecular weight is 275 g/mol. The van der Waals surface area contributed by atoms with Crippen molar-refractivity contribution in [3.63, 3.8) is 0 Å². The van der Waals surface area contributed by atoms with Crippen molar-refractivity contribution in [3.05, 3.63) is 47.5 Å². The number of anilines is 3. The Labute approximate surface area is 117 Å². The minimum atomic E-state index is 0.653. The highest BCUT2D eigenvalue weighted by atomic mass is 35.5. The number of ether oxygens (including phenoxy) is 1. The quantitative estimate of drug-likeness (QED) is 0.803. The Hall–Kier alpha value is -1.87. The Balaban J connectivity index is 2.09. The van der Waals surface area contributed by atoms with E-state index < -0.39 is 0 Å². The van der Waals surface area contributed by atoms with Gasteiger partial charge in [0.1, 0.15) is 5.75 Å². The van der Waals surface area contributed by atoms with Gasteiger partial charge in [-0.2, -0.15) is 0 Å². The normalized spacial score (nSPS) is 14.5. The van der Waals surface area contributed by atoms with E-state index in [2.05, 4.69) is 11.0 Å². The second kappa shape index (κ2) is 5.02. The Kier molecular flexibility index (Phi) is 3.22. The first-order valence-electron chi connectivity index (χ1n) is 6.30. The molecule has 0 aromatic heterocycles. The Morgan fingerprint density at radius 3 is 2.79 bits per heavy atom. The predicted molar refractivity (Wildman–Crippen MR) is 79.4 cm³/mol. The number of nitrogens with zero attached hydrogens (tertiary/aromatic N) is 1. The van der Waals surface area contributed by atoms with E-state index in [9.17, 15) is 0 Å². The average Bonchev–Trinajstić information content (AvgIpc) is 2.61. The van der Waals surface area contributed by atoms with Gasteiger partial charge >= 0.3 is 0 Å². The molecule has 1 aliphatic rings. The molecule has 0 unspecified atom stereocenters. The van der Waals surface area contributed by atoms with Crippen LogP contribution in [0.5, 0.6) is 5.75 Å². The van der Waals surface area contributed by atoms with Crippen molar-refractivity contribution in [2.75, 3.05) is 23.8 Å². The summed E-state index contributed by atoms with van der Waals surface area (Å²) in [5.74, 6) is 0.898. The van der Waals surface area contributed by atoms with Crippen LogP contribution in [0.1, 0.15) is 6.42 Å². The molecule has 0 fully saturated rings. The molecule has 0 atom stereocenters. The van der Waals surface area contributed by atoms with Gasteiger partial charge in [-0.3, -0.25) is 0 Å². The molecular formula is C15H15ClN2O. The minimum Gasteiger partial charge on any atom is -0.491 e. The number of para-hydroxylation sites is 2. The minimum absolute atomic E-state index is 0.653. The molecule has 2 aromatic rings. The lowest BCUT2D eigenvalue weighted by Gasteiger charge is -2.25. The zero-order chi connectivity index (χ0) is 13.2. The summed E-state index contributed by atoms with van der Waals surface area (Å²) in [6, 6.07) is 13.6. The van der Waals surface area contributed by atoms with E-state index in [1.165, 1.54) is 0 Å². The Bertz CT molecular complexity index is 600. The maximum Gasteiger partial charge on any atom is 0.142 e. The zero-order valence-corrected chi connectivity index (χ0v) is 11.2. The standard InChI is InChI=1S/C15H15ClN2O/c16-11-6-7-13(12(17)10-11)18-8-3-9-19-15-5-2-1-4-14(15)18/h1-2,4-7,10H,3,8-9,17H2. The summed E-state index contributed by atoms with van der Waals surface area (Å²) < 4.78 is 5.76. The summed E-state index contributed by atoms with van der Waals surface area (Å²) in [4.78, 5) is 2.19. The smallest absolute Gasteiger partial charge is 0.142 e. The third kappa shape index (κ3) is 2.34. The molecule has 0 spiro atoms. The molecule has 19 heavy (non-hydrogen) atoms. The molecule has 4 heteroatoms. The third-order valence-electron chi connectivity index (χ3n) is 3.22. The molecule has 0 saturated heterocycles. The van der Waals surface area contributed by atoms with Crippen molar-refractivity contribution in [3.8, 4) is 5.75 Å². The first-order valence-corrected chi connectivity index (χ1v) is 6.68. The summed E-state index contributed by atoms with van der Waals surface area (Å²) in [6.07, 6.45) is 0.955. The van der Waals surface area contributed by atoms with Crippen LogP contribution in [0.2, 0.25) is 5.02 Å². The first kappa shape index (κ1) is 12.2. The van der Waals surface area contributed by atoms with Gasteiger partial charge in [-0.05, 0) is 36.8 Å². The van der Waals surface area contributed by atoms with Gasteiger partial charge in [0.25, 0.3) is 0 Å². The molecule has 0 bridgehead atoms. The maximum atomic E-state index is 6.09. The van der Waals surface area contributed by atoms with Crippen molar-refractivity contribution in [2.45, 2.75) is 6.42 Å². The molecule has 0 radical (unpaired) electrons. The van der Waals surface area contributed by atoms with Crippen LogP contribution < -0.4 is 15.4 Å². The fourth-order valence-electron chi connectivity index (χ4n) is 2.35. The van der Waals surface area contributed by atoms with E-state index >= 15 is 0 Å². The van der Waals surface area contributed by atoms with Gasteiger partial charge in [0.15, 0.2) is 0 Å². The fraction of sp³-hybridized carbons (Fsp3) is 0.200. The van der Waals surface area contributed by atoms with Crippen LogP contribution >= 0.6 is 11.6 Å². The second-order valence-corrected chi connectivity index (χ2v) is 4.96. The van der Waals surface area contributed by atoms with E-state index in [0.717, 1.165) is 36.7 Å². The van der Waals surface area contributed by atoms with E-state index in [4.69, 9.17) is 22.1 Å². The van der Waals surface area contributed by atoms with Crippen molar-refractivity contribution < 1.29 is 4.74 Å². The van der Waals surface area contributed by atoms with Crippen LogP contribution in [0.3, 0.4) is 0 Å². The van der Waals surface area contributed by atoms with Gasteiger partial charge in [0.2, 0.25) is 0 Å². The predicted octanol–water partition coefficient (Wildman–Crippen LogP) is 3.84. The van der Waals surface area contributed by atoms with Crippen LogP contribution in [0.25, 0.3) is 0 Å². The van der Waals surface area contributed by atoms with Crippen molar-refractivity contribution in [1.29, 1.82) is 0 Å². The van der Waals surface area contributed by atoms with Crippen LogP contribution in [0.15, 0.2) is 42.5 Å². The first-order chi connectivity index (χ1) is 9.25. The van der Waals surface area contributed by atoms with Crippen LogP contribution in [-0.4, -0.2) is 13.2 Å². The summed E-state index contributed by atoms with van der Waals surface area (Å²) in [7, 11) is 0. The molecule has 0 amide bonds. The van der Waals surface area contributed by atoms with E-state index in [1.807, 2.05) is 30.3 Å². The van der Waals surface area contributed by atoms with E-state index in [-0.39, 0.29) is 0 Å². The summed E-state index contributed by atoms with van der Waals surface area (Å²) in [5, 5.41) is 0.653. The van der Waals surface area contributed by atoms with Gasteiger partial charge < -0.3 is 15.4 Å². The van der Waals surface area contributed by atoms with E-state index in [0.29, 0.717) is 10.7 Å². The Morgan fingerprint density at radius 2 is 1.95 bits per heavy atom. The topological polar surface area (TPSA) is 38.5 Å². The highest BCUT2D eigenvalue weighted by molar-refractivity contribution is 6.31. The monoisotopic (exact) mass is 274 g/mol. The maximum absolute atomic E-state index is 6.09. The molecule has 0 aliphatic carbocycles. The molecule has 1 aliphatic heterocycles. The number of fused-ring (bicyclic) bond motifs is 1.